The van der Waals surface area contributed by atoms with E-state index in [0.717, 1.165) is 43.8 Å². The highest BCUT2D eigenvalue weighted by atomic mass is 15.1. The van der Waals surface area contributed by atoms with Gasteiger partial charge >= 0.3 is 0 Å². The summed E-state index contributed by atoms with van der Waals surface area (Å²) < 4.78 is 0. The smallest absolute Gasteiger partial charge is 0.0575 e. The quantitative estimate of drug-likeness (QED) is 0.450. The molecule has 0 unspecified atom stereocenters. The van der Waals surface area contributed by atoms with Gasteiger partial charge in [0.15, 0.2) is 0 Å². The topological polar surface area (TPSA) is 64.5 Å². The Bertz CT molecular complexity index is 1070. The van der Waals surface area contributed by atoms with Gasteiger partial charge in [0.05, 0.1) is 24.8 Å². The van der Waals surface area contributed by atoms with Crippen molar-refractivity contribution in [1.82, 2.24) is 25.4 Å². The van der Waals surface area contributed by atoms with E-state index in [-0.39, 0.29) is 0 Å². The number of benzene rings is 2. The predicted octanol–water partition coefficient (Wildman–Crippen LogP) is 4.30. The van der Waals surface area contributed by atoms with Crippen LogP contribution in [0.1, 0.15) is 0 Å². The number of fused-ring (bicyclic) bond motifs is 2. The molecule has 0 radical (unpaired) electrons. The Labute approximate surface area is 149 Å². The molecule has 0 aliphatic carbocycles. The van der Waals surface area contributed by atoms with Crippen LogP contribution in [0.5, 0.6) is 0 Å². The average Bonchev–Trinajstić information content (AvgIpc) is 2.73. The summed E-state index contributed by atoms with van der Waals surface area (Å²) in [6.45, 7) is 0. The molecule has 0 fully saturated rings. The lowest BCUT2D eigenvalue weighted by Crippen LogP contribution is -1.92. The van der Waals surface area contributed by atoms with Crippen molar-refractivity contribution in [3.05, 3.63) is 79.6 Å². The molecule has 0 aliphatic rings. The largest absolute Gasteiger partial charge is 0.264 e. The second kappa shape index (κ2) is 5.97. The van der Waals surface area contributed by atoms with Crippen LogP contribution in [0, 0.1) is 0 Å². The maximum Gasteiger partial charge on any atom is 0.0575 e. The molecule has 5 aromatic rings. The zero-order chi connectivity index (χ0) is 17.3. The monoisotopic (exact) mass is 335 g/mol. The van der Waals surface area contributed by atoms with Crippen LogP contribution >= 0.6 is 0 Å². The van der Waals surface area contributed by atoms with Gasteiger partial charge in [-0.05, 0) is 39.9 Å². The molecule has 5 nitrogen and oxygen atoms in total. The fourth-order valence-electron chi connectivity index (χ4n) is 3.52. The van der Waals surface area contributed by atoms with Crippen molar-refractivity contribution in [3.63, 3.8) is 0 Å². The fourth-order valence-corrected chi connectivity index (χ4v) is 3.52. The molecule has 0 saturated carbocycles. The molecule has 2 aromatic carbocycles. The van der Waals surface area contributed by atoms with Crippen LogP contribution in [0.4, 0.5) is 0 Å². The fraction of sp³-hybridized carbons (Fsp3) is 0. The molecule has 5 rings (SSSR count). The Kier molecular flexibility index (Phi) is 3.35. The Morgan fingerprint density at radius 3 is 1.62 bits per heavy atom. The van der Waals surface area contributed by atoms with Crippen molar-refractivity contribution in [3.8, 4) is 22.3 Å². The van der Waals surface area contributed by atoms with E-state index in [1.165, 1.54) is 0 Å². The molecular formula is C21H13N5. The Balaban J connectivity index is 2.02. The minimum Gasteiger partial charge on any atom is -0.264 e. The van der Waals surface area contributed by atoms with Crippen molar-refractivity contribution in [1.29, 1.82) is 0 Å². The Hall–Kier alpha value is -3.73. The van der Waals surface area contributed by atoms with Crippen LogP contribution in [0.2, 0.25) is 0 Å². The lowest BCUT2D eigenvalue weighted by atomic mass is 9.88. The molecule has 3 aromatic heterocycles. The van der Waals surface area contributed by atoms with E-state index < -0.39 is 0 Å². The standard InChI is InChI=1S/C21H13N5/c1-2-4-17-16(3-1)20(14-5-9-23-25-11-14)18-7-8-22-13-19(18)21(17)15-6-10-24-26-12-15/h1-13H. The maximum absolute atomic E-state index is 4.38. The second-order valence-electron chi connectivity index (χ2n) is 5.98. The molecule has 0 aliphatic heterocycles. The van der Waals surface area contributed by atoms with Gasteiger partial charge in [-0.1, -0.05) is 24.3 Å². The first-order valence-electron chi connectivity index (χ1n) is 8.26. The Morgan fingerprint density at radius 1 is 0.462 bits per heavy atom. The summed E-state index contributed by atoms with van der Waals surface area (Å²) >= 11 is 0. The Morgan fingerprint density at radius 2 is 1.04 bits per heavy atom. The first-order chi connectivity index (χ1) is 12.9. The molecule has 3 heterocycles. The highest BCUT2D eigenvalue weighted by Gasteiger charge is 2.16. The summed E-state index contributed by atoms with van der Waals surface area (Å²) in [7, 11) is 0. The molecular weight excluding hydrogens is 322 g/mol. The van der Waals surface area contributed by atoms with Crippen LogP contribution in [0.3, 0.4) is 0 Å². The van der Waals surface area contributed by atoms with Crippen LogP contribution in [0.25, 0.3) is 43.8 Å². The summed E-state index contributed by atoms with van der Waals surface area (Å²) in [5.41, 5.74) is 4.31. The third-order valence-corrected chi connectivity index (χ3v) is 4.57. The van der Waals surface area contributed by atoms with E-state index in [9.17, 15) is 0 Å². The molecule has 0 N–H and O–H groups in total. The van der Waals surface area contributed by atoms with Crippen molar-refractivity contribution in [2.75, 3.05) is 0 Å². The summed E-state index contributed by atoms with van der Waals surface area (Å²) in [5.74, 6) is 0. The van der Waals surface area contributed by atoms with E-state index in [0.29, 0.717) is 0 Å². The van der Waals surface area contributed by atoms with Crippen LogP contribution in [0.15, 0.2) is 79.6 Å². The second-order valence-corrected chi connectivity index (χ2v) is 5.98. The molecule has 0 amide bonds. The van der Waals surface area contributed by atoms with Gasteiger partial charge in [-0.15, -0.1) is 0 Å². The molecule has 26 heavy (non-hydrogen) atoms. The number of hydrogen-bond donors (Lipinski definition) is 0. The minimum atomic E-state index is 1.02. The average molecular weight is 335 g/mol. The summed E-state index contributed by atoms with van der Waals surface area (Å²) in [4.78, 5) is 4.38. The van der Waals surface area contributed by atoms with Gasteiger partial charge in [-0.2, -0.15) is 20.4 Å². The SMILES string of the molecule is c1ccc2c(-c3ccnnc3)c3cnccc3c(-c3ccnnc3)c2c1. The zero-order valence-corrected chi connectivity index (χ0v) is 13.7. The molecule has 122 valence electrons. The number of nitrogens with zero attached hydrogens (tertiary/aromatic N) is 5. The van der Waals surface area contributed by atoms with Crippen molar-refractivity contribution in [2.24, 2.45) is 0 Å². The van der Waals surface area contributed by atoms with Crippen molar-refractivity contribution in [2.45, 2.75) is 0 Å². The normalized spacial score (nSPS) is 11.1. The highest BCUT2D eigenvalue weighted by molar-refractivity contribution is 6.20. The lowest BCUT2D eigenvalue weighted by Gasteiger charge is -2.16. The maximum atomic E-state index is 4.38. The van der Waals surface area contributed by atoms with Crippen molar-refractivity contribution >= 4 is 21.5 Å². The zero-order valence-electron chi connectivity index (χ0n) is 13.7. The molecule has 0 atom stereocenters. The molecule has 0 saturated heterocycles. The molecule has 0 spiro atoms. The van der Waals surface area contributed by atoms with Crippen LogP contribution in [-0.2, 0) is 0 Å². The van der Waals surface area contributed by atoms with Crippen LogP contribution < -0.4 is 0 Å². The van der Waals surface area contributed by atoms with Gasteiger partial charge < -0.3 is 0 Å². The minimum absolute atomic E-state index is 1.02. The summed E-state index contributed by atoms with van der Waals surface area (Å²) in [6.07, 6.45) is 10.8. The van der Waals surface area contributed by atoms with Gasteiger partial charge in [0.2, 0.25) is 0 Å². The van der Waals surface area contributed by atoms with Gasteiger partial charge in [0, 0.05) is 34.5 Å². The van der Waals surface area contributed by atoms with Gasteiger partial charge in [-0.25, -0.2) is 0 Å². The number of hydrogen-bond acceptors (Lipinski definition) is 5. The third kappa shape index (κ3) is 2.22. The van der Waals surface area contributed by atoms with Gasteiger partial charge in [-0.3, -0.25) is 4.98 Å². The molecule has 0 bridgehead atoms. The van der Waals surface area contributed by atoms with E-state index >= 15 is 0 Å². The summed E-state index contributed by atoms with van der Waals surface area (Å²) in [5, 5.41) is 20.5. The predicted molar refractivity (Wildman–Crippen MR) is 101 cm³/mol. The first kappa shape index (κ1) is 14.6. The lowest BCUT2D eigenvalue weighted by molar-refractivity contribution is 1.03. The van der Waals surface area contributed by atoms with E-state index in [1.807, 2.05) is 24.5 Å². The third-order valence-electron chi connectivity index (χ3n) is 4.57. The van der Waals surface area contributed by atoms with E-state index in [4.69, 9.17) is 0 Å². The number of rotatable bonds is 2. The number of aromatic nitrogens is 5. The summed E-state index contributed by atoms with van der Waals surface area (Å²) in [6, 6.07) is 14.4. The van der Waals surface area contributed by atoms with E-state index in [1.54, 1.807) is 24.8 Å². The van der Waals surface area contributed by atoms with E-state index in [2.05, 4.69) is 55.7 Å². The van der Waals surface area contributed by atoms with Gasteiger partial charge in [0.25, 0.3) is 0 Å². The first-order valence-corrected chi connectivity index (χ1v) is 8.26. The van der Waals surface area contributed by atoms with Crippen molar-refractivity contribution < 1.29 is 0 Å². The van der Waals surface area contributed by atoms with Gasteiger partial charge in [0.1, 0.15) is 0 Å². The highest BCUT2D eigenvalue weighted by Crippen LogP contribution is 2.42. The molecule has 5 heteroatoms. The van der Waals surface area contributed by atoms with Crippen LogP contribution in [-0.4, -0.2) is 25.4 Å². The number of pyridine rings is 1.